The Morgan fingerprint density at radius 1 is 0.146 bits per heavy atom. The monoisotopic (exact) mass is 1310 g/mol. The van der Waals surface area contributed by atoms with Crippen LogP contribution in [-0.2, 0) is 27.1 Å². The molecule has 0 bridgehead atoms. The highest BCUT2D eigenvalue weighted by atomic mass is 14.5. The molecule has 5 aliphatic rings. The van der Waals surface area contributed by atoms with Crippen molar-refractivity contribution in [2.45, 2.75) is 82.5 Å². The van der Waals surface area contributed by atoms with Crippen LogP contribution in [0, 0.1) is 0 Å². The molecule has 0 heteroatoms. The first-order valence-electron chi connectivity index (χ1n) is 36.9. The van der Waals surface area contributed by atoms with E-state index in [1.807, 2.05) is 0 Å². The highest BCUT2D eigenvalue weighted by Gasteiger charge is 2.50. The highest BCUT2D eigenvalue weighted by molar-refractivity contribution is 6.04. The zero-order valence-electron chi connectivity index (χ0n) is 59.7. The van der Waals surface area contributed by atoms with Crippen molar-refractivity contribution in [3.63, 3.8) is 0 Å². The number of hydrogen-bond acceptors (Lipinski definition) is 0. The molecule has 0 heterocycles. The molecular weight excluding hydrogens is 1240 g/mol. The molecule has 5 aliphatic carbocycles. The van der Waals surface area contributed by atoms with E-state index in [0.717, 1.165) is 0 Å². The molecule has 0 saturated heterocycles. The van der Waals surface area contributed by atoms with E-state index in [0.29, 0.717) is 0 Å². The Kier molecular flexibility index (Phi) is 13.2. The van der Waals surface area contributed by atoms with Gasteiger partial charge in [-0.2, -0.15) is 0 Å². The van der Waals surface area contributed by atoms with Gasteiger partial charge < -0.3 is 0 Å². The van der Waals surface area contributed by atoms with Crippen LogP contribution in [0.15, 0.2) is 328 Å². The zero-order chi connectivity index (χ0) is 69.5. The van der Waals surface area contributed by atoms with Crippen molar-refractivity contribution in [1.82, 2.24) is 0 Å². The van der Waals surface area contributed by atoms with Gasteiger partial charge in [0.1, 0.15) is 0 Å². The quantitative estimate of drug-likeness (QED) is 0.135. The van der Waals surface area contributed by atoms with Gasteiger partial charge in [-0.15, -0.1) is 0 Å². The van der Waals surface area contributed by atoms with E-state index in [1.165, 1.54) is 200 Å². The van der Waals surface area contributed by atoms with Gasteiger partial charge in [-0.25, -0.2) is 0 Å². The fourth-order valence-corrected chi connectivity index (χ4v) is 20.1. The van der Waals surface area contributed by atoms with Gasteiger partial charge >= 0.3 is 0 Å². The summed E-state index contributed by atoms with van der Waals surface area (Å²) in [4.78, 5) is 0. The lowest BCUT2D eigenvalue weighted by Crippen LogP contribution is -2.29. The number of hydrogen-bond donors (Lipinski definition) is 0. The van der Waals surface area contributed by atoms with Crippen LogP contribution in [0.4, 0.5) is 0 Å². The van der Waals surface area contributed by atoms with Crippen molar-refractivity contribution in [1.29, 1.82) is 0 Å². The third-order valence-electron chi connectivity index (χ3n) is 25.0. The number of rotatable bonds is 9. The lowest BCUT2D eigenvalue weighted by atomic mass is 9.65. The van der Waals surface area contributed by atoms with E-state index >= 15 is 0 Å². The van der Waals surface area contributed by atoms with Crippen molar-refractivity contribution >= 4 is 0 Å². The molecule has 0 spiro atoms. The first-order valence-corrected chi connectivity index (χ1v) is 36.9. The van der Waals surface area contributed by atoms with Crippen molar-refractivity contribution < 1.29 is 0 Å². The Hall–Kier alpha value is -11.7. The molecule has 0 fully saturated rings. The van der Waals surface area contributed by atoms with Gasteiger partial charge in [0.2, 0.25) is 0 Å². The summed E-state index contributed by atoms with van der Waals surface area (Å²) >= 11 is 0. The van der Waals surface area contributed by atoms with Gasteiger partial charge in [-0.05, 0) is 243 Å². The molecule has 0 aliphatic heterocycles. The van der Waals surface area contributed by atoms with Crippen LogP contribution in [0.3, 0.4) is 0 Å². The second kappa shape index (κ2) is 22.2. The Morgan fingerprint density at radius 3 is 0.796 bits per heavy atom. The third kappa shape index (κ3) is 8.59. The highest BCUT2D eigenvalue weighted by Crippen LogP contribution is 2.64. The Balaban J connectivity index is 0.989. The molecule has 103 heavy (non-hydrogen) atoms. The molecular formula is C103H78. The van der Waals surface area contributed by atoms with Crippen molar-refractivity contribution in [2.24, 2.45) is 0 Å². The Morgan fingerprint density at radius 2 is 0.417 bits per heavy atom. The fourth-order valence-electron chi connectivity index (χ4n) is 20.1. The van der Waals surface area contributed by atoms with E-state index in [2.05, 4.69) is 383 Å². The average Bonchev–Trinajstić information content (AvgIpc) is 1.53. The SMILES string of the molecule is CC1(C)c2ccccc2-c2c(-c3cc(-c4cccc5c4-c4ccccc4C5(C)C)cc(C4(c5cc(-c6cccc7c6-c6ccccc6C7(C)C)cc(-c6cccc7c6-c6ccccc6C7(C)C)c5)c5cc(-c6ccccc6)ccc5-c5c(-c6ccccc6-c6ccccc6)cccc54)c3)cccc21. The van der Waals surface area contributed by atoms with Gasteiger partial charge in [0.05, 0.1) is 5.41 Å². The van der Waals surface area contributed by atoms with Crippen molar-refractivity contribution in [2.75, 3.05) is 0 Å². The predicted molar refractivity (Wildman–Crippen MR) is 432 cm³/mol. The average molecular weight is 1320 g/mol. The maximum Gasteiger partial charge on any atom is 0.0714 e. The molecule has 0 amide bonds. The van der Waals surface area contributed by atoms with Gasteiger partial charge in [0.15, 0.2) is 0 Å². The minimum absolute atomic E-state index is 0.222. The first kappa shape index (κ1) is 61.2. The maximum absolute atomic E-state index is 2.65. The standard InChI is InChI=1S/C103H78/c1-99(2)84-45-21-17-36-79(84)94-73(40-25-49-88(94)99)66-56-67(74-41-26-50-89-95(74)80-37-18-22-46-85(80)100(89,3)4)59-70(58-66)103(92-53-29-44-78(77-35-16-15-34-72(77)64-32-13-10-14-33-64)98(92)83-55-54-65(62-93(83)103)63-30-11-9-12-31-63)71-60-68(75-42-27-51-90-96(75)81-38-19-23-47-86(81)101(90,5)6)57-69(61-71)76-43-28-52-91-97(76)82-39-20-24-48-87(82)102(91,7)8/h9-62H,1-8H3. The summed E-state index contributed by atoms with van der Waals surface area (Å²) < 4.78 is 0. The summed E-state index contributed by atoms with van der Waals surface area (Å²) in [5.74, 6) is 0. The van der Waals surface area contributed by atoms with E-state index in [4.69, 9.17) is 0 Å². The lowest BCUT2D eigenvalue weighted by molar-refractivity contribution is 0.660. The zero-order valence-corrected chi connectivity index (χ0v) is 59.7. The molecule has 15 aromatic rings. The summed E-state index contributed by atoms with van der Waals surface area (Å²) in [6, 6.07) is 127. The van der Waals surface area contributed by atoms with Crippen LogP contribution >= 0.6 is 0 Å². The molecule has 490 valence electrons. The van der Waals surface area contributed by atoms with Crippen molar-refractivity contribution in [3.8, 4) is 134 Å². The summed E-state index contributed by atoms with van der Waals surface area (Å²) in [6.45, 7) is 19.4. The smallest absolute Gasteiger partial charge is 0.0622 e. The normalized spacial score (nSPS) is 15.4. The van der Waals surface area contributed by atoms with Gasteiger partial charge in [0, 0.05) is 21.7 Å². The van der Waals surface area contributed by atoms with E-state index in [-0.39, 0.29) is 21.7 Å². The third-order valence-corrected chi connectivity index (χ3v) is 25.0. The molecule has 0 N–H and O–H groups in total. The molecule has 0 nitrogen and oxygen atoms in total. The minimum atomic E-state index is -1.00. The Labute approximate surface area is 606 Å². The van der Waals surface area contributed by atoms with Gasteiger partial charge in [-0.3, -0.25) is 0 Å². The van der Waals surface area contributed by atoms with Crippen LogP contribution in [0.5, 0.6) is 0 Å². The molecule has 0 unspecified atom stereocenters. The first-order chi connectivity index (χ1) is 50.1. The molecule has 0 atom stereocenters. The van der Waals surface area contributed by atoms with Gasteiger partial charge in [-0.1, -0.05) is 341 Å². The van der Waals surface area contributed by atoms with Crippen LogP contribution in [0.1, 0.15) is 122 Å². The van der Waals surface area contributed by atoms with Gasteiger partial charge in [0.25, 0.3) is 0 Å². The molecule has 0 saturated carbocycles. The summed E-state index contributed by atoms with van der Waals surface area (Å²) in [5, 5.41) is 0. The van der Waals surface area contributed by atoms with E-state index in [1.54, 1.807) is 0 Å². The summed E-state index contributed by atoms with van der Waals surface area (Å²) in [6.07, 6.45) is 0. The topological polar surface area (TPSA) is 0 Å². The summed E-state index contributed by atoms with van der Waals surface area (Å²) in [7, 11) is 0. The Bertz CT molecular complexity index is 5590. The second-order valence-electron chi connectivity index (χ2n) is 31.7. The minimum Gasteiger partial charge on any atom is -0.0622 e. The number of benzene rings is 15. The fraction of sp³-hybridized carbons (Fsp3) is 0.126. The van der Waals surface area contributed by atoms with Crippen LogP contribution in [-0.4, -0.2) is 0 Å². The second-order valence-corrected chi connectivity index (χ2v) is 31.7. The van der Waals surface area contributed by atoms with Crippen molar-refractivity contribution in [3.05, 3.63) is 394 Å². The van der Waals surface area contributed by atoms with Crippen LogP contribution in [0.25, 0.3) is 134 Å². The number of fused-ring (bicyclic) bond motifs is 15. The summed E-state index contributed by atoms with van der Waals surface area (Å²) in [5.41, 5.74) is 43.7. The molecule has 0 radical (unpaired) electrons. The molecule has 15 aromatic carbocycles. The molecule has 20 rings (SSSR count). The lowest BCUT2D eigenvalue weighted by Gasteiger charge is -2.36. The predicted octanol–water partition coefficient (Wildman–Crippen LogP) is 26.9. The van der Waals surface area contributed by atoms with Crippen LogP contribution in [0.2, 0.25) is 0 Å². The molecule has 0 aromatic heterocycles. The van der Waals surface area contributed by atoms with E-state index < -0.39 is 5.41 Å². The maximum atomic E-state index is 2.65. The van der Waals surface area contributed by atoms with Crippen LogP contribution < -0.4 is 0 Å². The van der Waals surface area contributed by atoms with E-state index in [9.17, 15) is 0 Å². The largest absolute Gasteiger partial charge is 0.0714 e.